The van der Waals surface area contributed by atoms with Crippen molar-refractivity contribution in [3.63, 3.8) is 0 Å². The van der Waals surface area contributed by atoms with Crippen LogP contribution in [0.25, 0.3) is 0 Å². The minimum atomic E-state index is -0.273. The highest BCUT2D eigenvalue weighted by molar-refractivity contribution is 5.91. The Hall–Kier alpha value is -2.09. The molecule has 1 fully saturated rings. The van der Waals surface area contributed by atoms with Crippen LogP contribution in [0.15, 0.2) is 48.5 Å². The quantitative estimate of drug-likeness (QED) is 0.173. The first-order valence-electron chi connectivity index (χ1n) is 13.6. The van der Waals surface area contributed by atoms with E-state index in [1.54, 1.807) is 0 Å². The van der Waals surface area contributed by atoms with E-state index in [4.69, 9.17) is 4.74 Å². The van der Waals surface area contributed by atoms with Gasteiger partial charge in [0.05, 0.1) is 5.56 Å². The second kappa shape index (κ2) is 14.2. The molecule has 0 N–H and O–H groups in total. The molecule has 1 aliphatic rings. The summed E-state index contributed by atoms with van der Waals surface area (Å²) in [5.41, 5.74) is 3.31. The summed E-state index contributed by atoms with van der Waals surface area (Å²) in [7, 11) is 0. The van der Waals surface area contributed by atoms with Crippen LogP contribution in [-0.4, -0.2) is 5.97 Å². The Morgan fingerprint density at radius 2 is 1.39 bits per heavy atom. The standard InChI is InChI=1S/C31H44O2/c1-3-5-7-8-9-10-12-26-15-19-29(20-16-26)31(32)33-30-23-21-28(22-24-30)27-17-13-25(14-18-27)11-6-4-2/h15-16,19-25,27H,3-14,17-18H2,1-2H3. The van der Waals surface area contributed by atoms with Gasteiger partial charge in [0, 0.05) is 0 Å². The lowest BCUT2D eigenvalue weighted by Gasteiger charge is -2.28. The number of esters is 1. The summed E-state index contributed by atoms with van der Waals surface area (Å²) in [4.78, 5) is 12.6. The van der Waals surface area contributed by atoms with Gasteiger partial charge in [0.15, 0.2) is 0 Å². The number of carbonyl (C=O) groups excluding carboxylic acids is 1. The molecule has 0 saturated heterocycles. The van der Waals surface area contributed by atoms with Crippen LogP contribution >= 0.6 is 0 Å². The molecule has 2 aromatic carbocycles. The van der Waals surface area contributed by atoms with E-state index in [2.05, 4.69) is 38.1 Å². The van der Waals surface area contributed by atoms with E-state index >= 15 is 0 Å². The van der Waals surface area contributed by atoms with Crippen molar-refractivity contribution in [2.45, 2.75) is 110 Å². The van der Waals surface area contributed by atoms with Crippen molar-refractivity contribution < 1.29 is 9.53 Å². The van der Waals surface area contributed by atoms with E-state index in [-0.39, 0.29) is 5.97 Å². The fraction of sp³-hybridized carbons (Fsp3) is 0.581. The molecule has 0 amide bonds. The minimum absolute atomic E-state index is 0.273. The Kier molecular flexibility index (Phi) is 11.0. The zero-order chi connectivity index (χ0) is 23.3. The minimum Gasteiger partial charge on any atom is -0.423 e. The molecule has 2 nitrogen and oxygen atoms in total. The molecule has 0 unspecified atom stereocenters. The van der Waals surface area contributed by atoms with Gasteiger partial charge in [-0.1, -0.05) is 89.5 Å². The molecule has 0 aromatic heterocycles. The van der Waals surface area contributed by atoms with Crippen LogP contribution in [0.1, 0.15) is 125 Å². The highest BCUT2D eigenvalue weighted by Gasteiger charge is 2.22. The predicted molar refractivity (Wildman–Crippen MR) is 139 cm³/mol. The molecule has 1 aliphatic carbocycles. The molecule has 0 atom stereocenters. The Labute approximate surface area is 202 Å². The third kappa shape index (κ3) is 8.65. The van der Waals surface area contributed by atoms with Gasteiger partial charge in [-0.3, -0.25) is 0 Å². The zero-order valence-electron chi connectivity index (χ0n) is 21.0. The summed E-state index contributed by atoms with van der Waals surface area (Å²) < 4.78 is 5.64. The van der Waals surface area contributed by atoms with Crippen molar-refractivity contribution in [2.75, 3.05) is 0 Å². The molecular formula is C31H44O2. The second-order valence-electron chi connectivity index (χ2n) is 10.0. The van der Waals surface area contributed by atoms with Crippen LogP contribution in [0.3, 0.4) is 0 Å². The molecule has 2 aromatic rings. The van der Waals surface area contributed by atoms with Gasteiger partial charge in [0.1, 0.15) is 5.75 Å². The third-order valence-corrected chi connectivity index (χ3v) is 7.38. The fourth-order valence-corrected chi connectivity index (χ4v) is 5.17. The highest BCUT2D eigenvalue weighted by atomic mass is 16.5. The Morgan fingerprint density at radius 1 is 0.758 bits per heavy atom. The molecule has 1 saturated carbocycles. The summed E-state index contributed by atoms with van der Waals surface area (Å²) >= 11 is 0. The van der Waals surface area contributed by atoms with Crippen LogP contribution < -0.4 is 4.74 Å². The Bertz CT molecular complexity index is 798. The molecule has 0 bridgehead atoms. The number of unbranched alkanes of at least 4 members (excludes halogenated alkanes) is 6. The van der Waals surface area contributed by atoms with Crippen molar-refractivity contribution in [2.24, 2.45) is 5.92 Å². The number of ether oxygens (including phenoxy) is 1. The lowest BCUT2D eigenvalue weighted by atomic mass is 9.77. The van der Waals surface area contributed by atoms with E-state index in [1.807, 2.05) is 24.3 Å². The first kappa shape index (κ1) is 25.5. The SMILES string of the molecule is CCCCCCCCc1ccc(C(=O)Oc2ccc(C3CCC(CCCC)CC3)cc2)cc1. The Balaban J connectivity index is 1.42. The van der Waals surface area contributed by atoms with Crippen LogP contribution in [0.5, 0.6) is 5.75 Å². The highest BCUT2D eigenvalue weighted by Crippen LogP contribution is 2.38. The number of aryl methyl sites for hydroxylation is 1. The molecule has 0 aliphatic heterocycles. The number of rotatable bonds is 13. The van der Waals surface area contributed by atoms with Gasteiger partial charge < -0.3 is 4.74 Å². The Morgan fingerprint density at radius 3 is 2.06 bits per heavy atom. The molecule has 3 rings (SSSR count). The van der Waals surface area contributed by atoms with E-state index < -0.39 is 0 Å². The van der Waals surface area contributed by atoms with Gasteiger partial charge in [0.2, 0.25) is 0 Å². The van der Waals surface area contributed by atoms with E-state index in [1.165, 1.54) is 94.6 Å². The smallest absolute Gasteiger partial charge is 0.343 e. The summed E-state index contributed by atoms with van der Waals surface area (Å²) in [6, 6.07) is 16.2. The van der Waals surface area contributed by atoms with Crippen molar-refractivity contribution in [3.05, 3.63) is 65.2 Å². The van der Waals surface area contributed by atoms with Gasteiger partial charge >= 0.3 is 5.97 Å². The number of carbonyl (C=O) groups is 1. The molecule has 180 valence electrons. The van der Waals surface area contributed by atoms with Crippen molar-refractivity contribution in [1.82, 2.24) is 0 Å². The van der Waals surface area contributed by atoms with Gasteiger partial charge in [-0.2, -0.15) is 0 Å². The summed E-state index contributed by atoms with van der Waals surface area (Å²) in [6.45, 7) is 4.54. The van der Waals surface area contributed by atoms with Crippen LogP contribution in [0.2, 0.25) is 0 Å². The van der Waals surface area contributed by atoms with E-state index in [0.717, 1.165) is 12.3 Å². The van der Waals surface area contributed by atoms with Crippen molar-refractivity contribution in [1.29, 1.82) is 0 Å². The molecule has 2 heteroatoms. The van der Waals surface area contributed by atoms with Crippen molar-refractivity contribution >= 4 is 5.97 Å². The maximum absolute atomic E-state index is 12.6. The first-order chi connectivity index (χ1) is 16.2. The number of benzene rings is 2. The average Bonchev–Trinajstić information content (AvgIpc) is 2.86. The molecule has 33 heavy (non-hydrogen) atoms. The summed E-state index contributed by atoms with van der Waals surface area (Å²) in [6.07, 6.45) is 18.3. The van der Waals surface area contributed by atoms with Crippen LogP contribution in [-0.2, 0) is 6.42 Å². The van der Waals surface area contributed by atoms with E-state index in [9.17, 15) is 4.79 Å². The molecule has 0 heterocycles. The number of hydrogen-bond donors (Lipinski definition) is 0. The van der Waals surface area contributed by atoms with Crippen LogP contribution in [0.4, 0.5) is 0 Å². The first-order valence-corrected chi connectivity index (χ1v) is 13.6. The van der Waals surface area contributed by atoms with E-state index in [0.29, 0.717) is 17.2 Å². The number of hydrogen-bond acceptors (Lipinski definition) is 2. The van der Waals surface area contributed by atoms with Gasteiger partial charge in [0.25, 0.3) is 0 Å². The zero-order valence-corrected chi connectivity index (χ0v) is 21.0. The summed E-state index contributed by atoms with van der Waals surface area (Å²) in [5.74, 6) is 1.95. The lowest BCUT2D eigenvalue weighted by molar-refractivity contribution is 0.0734. The lowest BCUT2D eigenvalue weighted by Crippen LogP contribution is -2.13. The summed E-state index contributed by atoms with van der Waals surface area (Å²) in [5, 5.41) is 0. The van der Waals surface area contributed by atoms with Crippen molar-refractivity contribution in [3.8, 4) is 5.75 Å². The average molecular weight is 449 g/mol. The topological polar surface area (TPSA) is 26.3 Å². The largest absolute Gasteiger partial charge is 0.423 e. The van der Waals surface area contributed by atoms with Gasteiger partial charge in [-0.15, -0.1) is 0 Å². The monoisotopic (exact) mass is 448 g/mol. The third-order valence-electron chi connectivity index (χ3n) is 7.38. The second-order valence-corrected chi connectivity index (χ2v) is 10.0. The molecule has 0 radical (unpaired) electrons. The normalized spacial score (nSPS) is 18.2. The fourth-order valence-electron chi connectivity index (χ4n) is 5.17. The predicted octanol–water partition coefficient (Wildman–Crippen LogP) is 9.27. The maximum Gasteiger partial charge on any atom is 0.343 e. The van der Waals surface area contributed by atoms with Gasteiger partial charge in [-0.25, -0.2) is 4.79 Å². The molecule has 0 spiro atoms. The van der Waals surface area contributed by atoms with Gasteiger partial charge in [-0.05, 0) is 85.8 Å². The van der Waals surface area contributed by atoms with Crippen LogP contribution in [0, 0.1) is 5.92 Å². The molecular weight excluding hydrogens is 404 g/mol. The maximum atomic E-state index is 12.6.